The summed E-state index contributed by atoms with van der Waals surface area (Å²) < 4.78 is 0. The van der Waals surface area contributed by atoms with Crippen LogP contribution in [0.2, 0.25) is 0 Å². The minimum atomic E-state index is -2.07. The molecular formula is C88H117N19O21S2. The lowest BCUT2D eigenvalue weighted by Gasteiger charge is -2.33. The number of nitrogens with zero attached hydrogens (tertiary/aromatic N) is 3. The predicted octanol–water partition coefficient (Wildman–Crippen LogP) is -1.51. The third-order valence-corrected chi connectivity index (χ3v) is 22.8. The summed E-state index contributed by atoms with van der Waals surface area (Å²) in [6.07, 6.45) is -2.05. The van der Waals surface area contributed by atoms with Crippen molar-refractivity contribution in [3.8, 4) is 16.9 Å². The lowest BCUT2D eigenvalue weighted by atomic mass is 9.97. The van der Waals surface area contributed by atoms with Crippen LogP contribution in [0, 0.1) is 23.7 Å². The molecule has 0 bridgehead atoms. The van der Waals surface area contributed by atoms with E-state index in [1.54, 1.807) is 102 Å². The van der Waals surface area contributed by atoms with Crippen LogP contribution in [-0.4, -0.2) is 265 Å². The van der Waals surface area contributed by atoms with Crippen LogP contribution in [0.25, 0.3) is 22.0 Å². The molecule has 1 saturated heterocycles. The Hall–Kier alpha value is -13.4. The number of para-hydroxylation sites is 1. The molecule has 7 rings (SSSR count). The van der Waals surface area contributed by atoms with Crippen LogP contribution in [0.5, 0.6) is 5.75 Å². The van der Waals surface area contributed by atoms with E-state index < -0.39 is 253 Å². The van der Waals surface area contributed by atoms with E-state index in [0.29, 0.717) is 33.8 Å². The molecule has 2 aromatic heterocycles. The zero-order valence-corrected chi connectivity index (χ0v) is 75.7. The molecule has 130 heavy (non-hydrogen) atoms. The number of nitrogens with two attached hydrogens (primary N) is 2. The average Bonchev–Trinajstić information content (AvgIpc) is 1.72. The van der Waals surface area contributed by atoms with Crippen molar-refractivity contribution in [2.24, 2.45) is 35.1 Å². The number of fused-ring (bicyclic) bond motifs is 1. The van der Waals surface area contributed by atoms with Crippen LogP contribution in [0.3, 0.4) is 0 Å². The average molecular weight is 1840 g/mol. The van der Waals surface area contributed by atoms with Gasteiger partial charge in [0.05, 0.1) is 49.5 Å². The van der Waals surface area contributed by atoms with Crippen molar-refractivity contribution in [1.29, 1.82) is 0 Å². The number of aromatic amines is 1. The van der Waals surface area contributed by atoms with Crippen molar-refractivity contribution in [3.63, 3.8) is 0 Å². The first-order valence-electron chi connectivity index (χ1n) is 42.2. The Morgan fingerprint density at radius 3 is 1.49 bits per heavy atom. The zero-order valence-electron chi connectivity index (χ0n) is 74.1. The monoisotopic (exact) mass is 1840 g/mol. The van der Waals surface area contributed by atoms with E-state index >= 15 is 24.0 Å². The number of hydrogen-bond acceptors (Lipinski definition) is 23. The van der Waals surface area contributed by atoms with Crippen molar-refractivity contribution in [3.05, 3.63) is 143 Å². The second kappa shape index (κ2) is 49.8. The topological polar surface area (TPSA) is 612 Å². The Kier molecular flexibility index (Phi) is 39.7. The van der Waals surface area contributed by atoms with E-state index in [2.05, 4.69) is 79.1 Å². The standard InChI is InChI=1S/C88H117N19O21S2/c1-45(2)29-59-77(117)99-62(31-50-21-25-53(26-22-50)52-17-13-12-14-18-52)84(124)105-75(48(7)8)88(128)107(11)49(9)87(127)106(10)39-71(112)94-65(35-69(89)110)81(121)97-60(30-46(3)4)83(123)104-74(47(5)6)86(126)102-67(40-108)85(125)103-68(76(116)92-38-70(90)111)42-129-43-72(113)95-64(34-55-41-130-44-93-55)80(120)98-61(32-51-23-27-56(109)28-24-51)78(118)101-66(36-73(114)115)82(122)100-63(79(119)96-59)33-54-37-91-58-20-16-15-19-57(54)58/h12-28,37,41,44-49,59-68,74-75,91,108-109H,29-36,38-40,42-43H2,1-11H3,(H2,89,110)(H2,90,111)(H,92,116)(H,94,112)(H,95,113)(H,96,119)(H,97,121)(H,98,120)(H,99,117)(H,100,122)(H,101,118)(H,102,126)(H,103,125)(H,104,123)(H,105,124)(H,114,115)/t49-,59-,60-,61-,62-,63-,64-,65-,66-,67-,68-,74-,75-/m0/s1. The normalized spacial score (nSPS) is 23.1. The number of carboxylic acids is 1. The number of carboxylic acid groups (broad SMARTS) is 1. The number of carbonyl (C=O) groups excluding carboxylic acids is 17. The highest BCUT2D eigenvalue weighted by Gasteiger charge is 2.41. The molecule has 21 N–H and O–H groups in total. The number of carbonyl (C=O) groups is 18. The Balaban J connectivity index is 1.30. The maximum atomic E-state index is 15.4. The summed E-state index contributed by atoms with van der Waals surface area (Å²) in [5.74, 6) is -22.8. The maximum absolute atomic E-state index is 15.4. The minimum absolute atomic E-state index is 0.121. The molecule has 1 aliphatic rings. The van der Waals surface area contributed by atoms with E-state index in [9.17, 15) is 77.6 Å². The highest BCUT2D eigenvalue weighted by molar-refractivity contribution is 8.00. The number of H-pyrrole nitrogens is 1. The fourth-order valence-electron chi connectivity index (χ4n) is 14.0. The second-order valence-corrected chi connectivity index (χ2v) is 35.1. The third-order valence-electron chi connectivity index (χ3n) is 21.1. The number of amides is 17. The van der Waals surface area contributed by atoms with Gasteiger partial charge in [0.25, 0.3) is 0 Å². The number of phenols is 1. The van der Waals surface area contributed by atoms with Gasteiger partial charge >= 0.3 is 5.97 Å². The van der Waals surface area contributed by atoms with Crippen LogP contribution < -0.4 is 80.6 Å². The smallest absolute Gasteiger partial charge is 0.305 e. The molecule has 3 heterocycles. The van der Waals surface area contributed by atoms with Crippen LogP contribution in [0.4, 0.5) is 0 Å². The Bertz CT molecular complexity index is 5000. The number of aromatic hydroxyl groups is 1. The first kappa shape index (κ1) is 104. The van der Waals surface area contributed by atoms with Gasteiger partial charge in [0.1, 0.15) is 84.3 Å². The number of rotatable bonds is 23. The largest absolute Gasteiger partial charge is 0.508 e. The highest BCUT2D eigenvalue weighted by atomic mass is 32.2. The van der Waals surface area contributed by atoms with Crippen LogP contribution >= 0.6 is 23.1 Å². The number of likely N-dealkylation sites (N-methyl/N-ethyl adjacent to an activating group) is 2. The summed E-state index contributed by atoms with van der Waals surface area (Å²) >= 11 is 1.81. The van der Waals surface area contributed by atoms with E-state index in [1.807, 2.05) is 30.3 Å². The Morgan fingerprint density at radius 2 is 0.962 bits per heavy atom. The van der Waals surface area contributed by atoms with Crippen LogP contribution in [0.1, 0.15) is 110 Å². The van der Waals surface area contributed by atoms with E-state index in [1.165, 1.54) is 64.6 Å². The Labute approximate surface area is 759 Å². The molecule has 1 aliphatic heterocycles. The molecule has 0 saturated carbocycles. The third kappa shape index (κ3) is 32.1. The van der Waals surface area contributed by atoms with Crippen molar-refractivity contribution in [1.82, 2.24) is 88.9 Å². The first-order chi connectivity index (χ1) is 61.5. The Morgan fingerprint density at radius 1 is 0.500 bits per heavy atom. The number of thiazole rings is 1. The lowest BCUT2D eigenvalue weighted by molar-refractivity contribution is -0.147. The molecule has 6 aromatic rings. The summed E-state index contributed by atoms with van der Waals surface area (Å²) in [4.78, 5) is 266. The molecular weight excluding hydrogens is 1720 g/mol. The summed E-state index contributed by atoms with van der Waals surface area (Å²) in [7, 11) is 2.47. The molecule has 1 fully saturated rings. The molecule has 0 aliphatic carbocycles. The molecule has 40 nitrogen and oxygen atoms in total. The van der Waals surface area contributed by atoms with Gasteiger partial charge in [0.15, 0.2) is 0 Å². The summed E-state index contributed by atoms with van der Waals surface area (Å²) in [6, 6.07) is 7.11. The zero-order chi connectivity index (χ0) is 95.9. The number of primary amides is 2. The number of aliphatic carboxylic acids is 1. The SMILES string of the molecule is CC(C)C[C@@H]1NC(=O)[C@H](Cc2c[nH]c3ccccc23)NC(=O)[C@H](CC(=O)O)NC(=O)[C@H](Cc2ccc(O)cc2)NC(=O)[C@H](Cc2cscn2)NC(=O)CSC[C@@H](C(=O)NCC(N)=O)NC(=O)[C@H](CO)NC(=O)[C@H](C(C)C)NC(=O)[C@H](CC(C)C)NC(=O)[C@H](CC(N)=O)NC(=O)CN(C)C(=O)[C@H](C)N(C)C(=O)[C@H](C(C)C)NC(=O)[C@H](Cc2ccc(-c3ccccc3)cc2)NC1=O. The van der Waals surface area contributed by atoms with Gasteiger partial charge in [-0.25, -0.2) is 4.98 Å². The van der Waals surface area contributed by atoms with Crippen molar-refractivity contribution < 1.29 is 102 Å². The molecule has 17 amide bonds. The molecule has 42 heteroatoms. The van der Waals surface area contributed by atoms with Crippen molar-refractivity contribution in [2.75, 3.05) is 45.3 Å². The van der Waals surface area contributed by atoms with Gasteiger partial charge in [-0.1, -0.05) is 140 Å². The summed E-state index contributed by atoms with van der Waals surface area (Å²) in [5, 5.41) is 66.5. The molecule has 0 spiro atoms. The number of aromatic nitrogens is 2. The highest BCUT2D eigenvalue weighted by Crippen LogP contribution is 2.24. The molecule has 702 valence electrons. The van der Waals surface area contributed by atoms with Crippen molar-refractivity contribution >= 4 is 140 Å². The van der Waals surface area contributed by atoms with Gasteiger partial charge in [0.2, 0.25) is 100 Å². The van der Waals surface area contributed by atoms with Crippen molar-refractivity contribution in [2.45, 2.75) is 192 Å². The quantitative estimate of drug-likeness (QED) is 0.0347. The van der Waals surface area contributed by atoms with E-state index in [0.717, 1.165) is 32.3 Å². The predicted molar refractivity (Wildman–Crippen MR) is 480 cm³/mol. The second-order valence-electron chi connectivity index (χ2n) is 33.3. The number of benzene rings is 4. The molecule has 0 radical (unpaired) electrons. The molecule has 4 aromatic carbocycles. The summed E-state index contributed by atoms with van der Waals surface area (Å²) in [5.41, 5.74) is 16.1. The maximum Gasteiger partial charge on any atom is 0.305 e. The number of thioether (sulfide) groups is 1. The fraction of sp³-hybridized carbons (Fsp3) is 0.466. The van der Waals surface area contributed by atoms with Gasteiger partial charge in [-0.2, -0.15) is 0 Å². The minimum Gasteiger partial charge on any atom is -0.508 e. The fourth-order valence-corrected chi connectivity index (χ4v) is 15.4. The van der Waals surface area contributed by atoms with Gasteiger partial charge in [-0.05, 0) is 89.5 Å². The summed E-state index contributed by atoms with van der Waals surface area (Å²) in [6.45, 7) is 11.7. The number of aliphatic hydroxyl groups excluding tert-OH is 1. The van der Waals surface area contributed by atoms with Gasteiger partial charge in [-0.3, -0.25) is 86.3 Å². The number of hydrogen-bond donors (Lipinski definition) is 19. The van der Waals surface area contributed by atoms with Crippen LogP contribution in [-0.2, 0) is 112 Å². The number of phenolic OH excluding ortho intramolecular Hbond substituents is 1. The number of nitrogens with one attached hydrogen (secondary N) is 14. The lowest BCUT2D eigenvalue weighted by Crippen LogP contribution is -2.61. The van der Waals surface area contributed by atoms with E-state index in [-0.39, 0.29) is 55.0 Å². The first-order valence-corrected chi connectivity index (χ1v) is 44.3. The van der Waals surface area contributed by atoms with Gasteiger partial charge < -0.3 is 111 Å². The van der Waals surface area contributed by atoms with Gasteiger partial charge in [0, 0.05) is 68.0 Å². The molecule has 0 unspecified atom stereocenters. The van der Waals surface area contributed by atoms with E-state index in [4.69, 9.17) is 11.5 Å². The van der Waals surface area contributed by atoms with Gasteiger partial charge in [-0.15, -0.1) is 23.1 Å². The van der Waals surface area contributed by atoms with Crippen LogP contribution in [0.15, 0.2) is 120 Å². The number of aliphatic hydroxyl groups is 1. The molecule has 13 atom stereocenters.